The van der Waals surface area contributed by atoms with Gasteiger partial charge in [-0.2, -0.15) is 4.98 Å². The van der Waals surface area contributed by atoms with Crippen LogP contribution in [0.1, 0.15) is 17.3 Å². The molecule has 0 aliphatic carbocycles. The number of ether oxygens (including phenoxy) is 1. The predicted octanol–water partition coefficient (Wildman–Crippen LogP) is 2.13. The Morgan fingerprint density at radius 2 is 2.06 bits per heavy atom. The van der Waals surface area contributed by atoms with Gasteiger partial charge in [-0.3, -0.25) is 9.78 Å². The van der Waals surface area contributed by atoms with Crippen molar-refractivity contribution < 1.29 is 9.53 Å². The van der Waals surface area contributed by atoms with Crippen LogP contribution in [0, 0.1) is 0 Å². The van der Waals surface area contributed by atoms with E-state index < -0.39 is 0 Å². The smallest absolute Gasteiger partial charge is 0.256 e. The van der Waals surface area contributed by atoms with Crippen LogP contribution in [0.3, 0.4) is 0 Å². The van der Waals surface area contributed by atoms with Crippen LogP contribution >= 0.6 is 0 Å². The highest BCUT2D eigenvalue weighted by Crippen LogP contribution is 2.10. The summed E-state index contributed by atoms with van der Waals surface area (Å²) < 4.78 is 5.21. The van der Waals surface area contributed by atoms with E-state index in [0.29, 0.717) is 23.9 Å². The highest BCUT2D eigenvalue weighted by Gasteiger charge is 2.06. The first kappa shape index (κ1) is 12.0. The van der Waals surface area contributed by atoms with E-state index in [9.17, 15) is 4.79 Å². The summed E-state index contributed by atoms with van der Waals surface area (Å²) in [5.41, 5.74) is 0.570. The van der Waals surface area contributed by atoms with Crippen LogP contribution < -0.4 is 10.1 Å². The molecule has 0 saturated heterocycles. The molecule has 18 heavy (non-hydrogen) atoms. The summed E-state index contributed by atoms with van der Waals surface area (Å²) in [5, 5.41) is 2.66. The maximum absolute atomic E-state index is 11.9. The number of nitrogens with zero attached hydrogens (tertiary/aromatic N) is 2. The standard InChI is InChI=1S/C13H13N3O2/c1-2-18-12-9-14-8-11(15-12)16-13(17)10-6-4-3-5-7-10/h3-9H,2H2,1H3,(H,15,16,17). The van der Waals surface area contributed by atoms with Crippen LogP contribution in [-0.4, -0.2) is 22.5 Å². The number of aromatic nitrogens is 2. The minimum atomic E-state index is -0.224. The molecule has 2 rings (SSSR count). The van der Waals surface area contributed by atoms with Crippen LogP contribution in [0.5, 0.6) is 5.88 Å². The van der Waals surface area contributed by atoms with Crippen molar-refractivity contribution in [2.75, 3.05) is 11.9 Å². The van der Waals surface area contributed by atoms with Gasteiger partial charge in [0.05, 0.1) is 19.0 Å². The first-order valence-electron chi connectivity index (χ1n) is 5.61. The molecule has 0 aliphatic rings. The Morgan fingerprint density at radius 1 is 1.28 bits per heavy atom. The molecule has 92 valence electrons. The quantitative estimate of drug-likeness (QED) is 0.893. The van der Waals surface area contributed by atoms with Gasteiger partial charge in [0, 0.05) is 5.56 Å². The molecular weight excluding hydrogens is 230 g/mol. The van der Waals surface area contributed by atoms with E-state index in [-0.39, 0.29) is 5.91 Å². The summed E-state index contributed by atoms with van der Waals surface area (Å²) in [5.74, 6) is 0.539. The molecule has 1 N–H and O–H groups in total. The first-order chi connectivity index (χ1) is 8.79. The lowest BCUT2D eigenvalue weighted by Gasteiger charge is -2.06. The zero-order chi connectivity index (χ0) is 12.8. The summed E-state index contributed by atoms with van der Waals surface area (Å²) in [7, 11) is 0. The van der Waals surface area contributed by atoms with E-state index in [1.54, 1.807) is 24.3 Å². The van der Waals surface area contributed by atoms with Gasteiger partial charge in [-0.1, -0.05) is 18.2 Å². The third-order valence-electron chi connectivity index (χ3n) is 2.18. The largest absolute Gasteiger partial charge is 0.477 e. The number of nitrogens with one attached hydrogen (secondary N) is 1. The number of amides is 1. The van der Waals surface area contributed by atoms with Gasteiger partial charge in [-0.05, 0) is 19.1 Å². The third kappa shape index (κ3) is 3.04. The van der Waals surface area contributed by atoms with Crippen molar-refractivity contribution in [3.05, 3.63) is 48.3 Å². The van der Waals surface area contributed by atoms with Crippen LogP contribution in [-0.2, 0) is 0 Å². The Kier molecular flexibility index (Phi) is 3.86. The van der Waals surface area contributed by atoms with E-state index in [1.807, 2.05) is 13.0 Å². The van der Waals surface area contributed by atoms with Gasteiger partial charge in [0.2, 0.25) is 5.88 Å². The molecule has 0 bridgehead atoms. The summed E-state index contributed by atoms with van der Waals surface area (Å²) in [6, 6.07) is 8.92. The molecule has 0 aliphatic heterocycles. The molecule has 2 aromatic rings. The van der Waals surface area contributed by atoms with Gasteiger partial charge >= 0.3 is 0 Å². The van der Waals surface area contributed by atoms with E-state index in [0.717, 1.165) is 0 Å². The molecule has 1 heterocycles. The highest BCUT2D eigenvalue weighted by atomic mass is 16.5. The number of anilines is 1. The van der Waals surface area contributed by atoms with Crippen molar-refractivity contribution in [1.29, 1.82) is 0 Å². The SMILES string of the molecule is CCOc1cncc(NC(=O)c2ccccc2)n1. The number of rotatable bonds is 4. The molecule has 5 nitrogen and oxygen atoms in total. The van der Waals surface area contributed by atoms with Crippen LogP contribution in [0.25, 0.3) is 0 Å². The van der Waals surface area contributed by atoms with E-state index >= 15 is 0 Å². The van der Waals surface area contributed by atoms with Gasteiger partial charge in [-0.25, -0.2) is 0 Å². The maximum Gasteiger partial charge on any atom is 0.256 e. The number of hydrogen-bond acceptors (Lipinski definition) is 4. The fourth-order valence-corrected chi connectivity index (χ4v) is 1.40. The second-order valence-electron chi connectivity index (χ2n) is 3.50. The third-order valence-corrected chi connectivity index (χ3v) is 2.18. The lowest BCUT2D eigenvalue weighted by Crippen LogP contribution is -2.13. The molecule has 0 spiro atoms. The fourth-order valence-electron chi connectivity index (χ4n) is 1.40. The van der Waals surface area contributed by atoms with Gasteiger partial charge in [0.25, 0.3) is 5.91 Å². The summed E-state index contributed by atoms with van der Waals surface area (Å²) in [6.45, 7) is 2.36. The van der Waals surface area contributed by atoms with Crippen molar-refractivity contribution >= 4 is 11.7 Å². The Hall–Kier alpha value is -2.43. The average molecular weight is 243 g/mol. The lowest BCUT2D eigenvalue weighted by molar-refractivity contribution is 0.102. The molecule has 1 aromatic carbocycles. The molecular formula is C13H13N3O2. The maximum atomic E-state index is 11.9. The Bertz CT molecular complexity index is 529. The summed E-state index contributed by atoms with van der Waals surface area (Å²) in [4.78, 5) is 19.9. The number of carbonyl (C=O) groups is 1. The Morgan fingerprint density at radius 3 is 2.78 bits per heavy atom. The number of benzene rings is 1. The lowest BCUT2D eigenvalue weighted by atomic mass is 10.2. The molecule has 0 unspecified atom stereocenters. The fraction of sp³-hybridized carbons (Fsp3) is 0.154. The molecule has 0 fully saturated rings. The molecule has 1 amide bonds. The second kappa shape index (κ2) is 5.77. The first-order valence-corrected chi connectivity index (χ1v) is 5.61. The second-order valence-corrected chi connectivity index (χ2v) is 3.50. The van der Waals surface area contributed by atoms with E-state index in [4.69, 9.17) is 4.74 Å². The van der Waals surface area contributed by atoms with Crippen LogP contribution in [0.4, 0.5) is 5.82 Å². The van der Waals surface area contributed by atoms with Crippen molar-refractivity contribution in [2.45, 2.75) is 6.92 Å². The molecule has 1 aromatic heterocycles. The van der Waals surface area contributed by atoms with Gasteiger partial charge in [0.1, 0.15) is 0 Å². The Labute approximate surface area is 105 Å². The summed E-state index contributed by atoms with van der Waals surface area (Å²) in [6.07, 6.45) is 2.98. The van der Waals surface area contributed by atoms with E-state index in [1.165, 1.54) is 12.4 Å². The zero-order valence-electron chi connectivity index (χ0n) is 9.96. The number of carbonyl (C=O) groups excluding carboxylic acids is 1. The normalized spacial score (nSPS) is 9.83. The molecule has 5 heteroatoms. The molecule has 0 saturated carbocycles. The van der Waals surface area contributed by atoms with Crippen LogP contribution in [0.15, 0.2) is 42.7 Å². The summed E-state index contributed by atoms with van der Waals surface area (Å²) >= 11 is 0. The van der Waals surface area contributed by atoms with Gasteiger partial charge < -0.3 is 10.1 Å². The zero-order valence-corrected chi connectivity index (χ0v) is 9.96. The van der Waals surface area contributed by atoms with Crippen LogP contribution in [0.2, 0.25) is 0 Å². The topological polar surface area (TPSA) is 64.1 Å². The van der Waals surface area contributed by atoms with E-state index in [2.05, 4.69) is 15.3 Å². The number of hydrogen-bond donors (Lipinski definition) is 1. The van der Waals surface area contributed by atoms with Crippen molar-refractivity contribution in [3.8, 4) is 5.88 Å². The highest BCUT2D eigenvalue weighted by molar-refractivity contribution is 6.03. The molecule has 0 radical (unpaired) electrons. The van der Waals surface area contributed by atoms with Crippen molar-refractivity contribution in [2.24, 2.45) is 0 Å². The minimum Gasteiger partial charge on any atom is -0.477 e. The Balaban J connectivity index is 2.10. The van der Waals surface area contributed by atoms with Gasteiger partial charge in [-0.15, -0.1) is 0 Å². The monoisotopic (exact) mass is 243 g/mol. The van der Waals surface area contributed by atoms with Crippen molar-refractivity contribution in [1.82, 2.24) is 9.97 Å². The average Bonchev–Trinajstić information content (AvgIpc) is 2.40. The molecule has 0 atom stereocenters. The predicted molar refractivity (Wildman–Crippen MR) is 67.6 cm³/mol. The minimum absolute atomic E-state index is 0.224. The van der Waals surface area contributed by atoms with Crippen molar-refractivity contribution in [3.63, 3.8) is 0 Å². The van der Waals surface area contributed by atoms with Gasteiger partial charge in [0.15, 0.2) is 5.82 Å².